The third kappa shape index (κ3) is 2.79. The van der Waals surface area contributed by atoms with Crippen molar-refractivity contribution in [3.05, 3.63) is 47.5 Å². The first-order valence-electron chi connectivity index (χ1n) is 5.92. The Balaban J connectivity index is 2.31. The van der Waals surface area contributed by atoms with Crippen LogP contribution in [0.3, 0.4) is 0 Å². The van der Waals surface area contributed by atoms with Gasteiger partial charge >= 0.3 is 0 Å². The maximum Gasteiger partial charge on any atom is 0.271 e. The Labute approximate surface area is 110 Å². The number of nitrogens with two attached hydrogens (primary N) is 1. The molecule has 6 heteroatoms. The van der Waals surface area contributed by atoms with E-state index >= 15 is 0 Å². The Morgan fingerprint density at radius 3 is 2.89 bits per heavy atom. The van der Waals surface area contributed by atoms with E-state index in [1.165, 1.54) is 23.9 Å². The fraction of sp³-hybridized carbons (Fsp3) is 0.231. The second-order valence-electron chi connectivity index (χ2n) is 4.05. The second kappa shape index (κ2) is 5.62. The highest BCUT2D eigenvalue weighted by Gasteiger charge is 2.11. The van der Waals surface area contributed by atoms with E-state index < -0.39 is 5.82 Å². The van der Waals surface area contributed by atoms with Crippen molar-refractivity contribution in [3.8, 4) is 5.69 Å². The number of benzene rings is 1. The minimum atomic E-state index is -0.391. The van der Waals surface area contributed by atoms with Crippen LogP contribution in [0.5, 0.6) is 0 Å². The number of amides is 1. The Hall–Kier alpha value is -2.21. The lowest BCUT2D eigenvalue weighted by Crippen LogP contribution is -2.18. The lowest BCUT2D eigenvalue weighted by molar-refractivity contribution is 0.0957. The summed E-state index contributed by atoms with van der Waals surface area (Å²) >= 11 is 0. The van der Waals surface area contributed by atoms with Crippen molar-refractivity contribution in [3.63, 3.8) is 0 Å². The highest BCUT2D eigenvalue weighted by molar-refractivity contribution is 5.91. The van der Waals surface area contributed by atoms with Gasteiger partial charge in [0.2, 0.25) is 0 Å². The summed E-state index contributed by atoms with van der Waals surface area (Å²) in [5.41, 5.74) is 6.81. The lowest BCUT2D eigenvalue weighted by atomic mass is 10.1. The molecule has 0 saturated heterocycles. The van der Waals surface area contributed by atoms with Gasteiger partial charge in [0.1, 0.15) is 11.5 Å². The van der Waals surface area contributed by atoms with E-state index in [1.807, 2.05) is 0 Å². The maximum atomic E-state index is 13.9. The van der Waals surface area contributed by atoms with E-state index in [-0.39, 0.29) is 11.6 Å². The van der Waals surface area contributed by atoms with E-state index in [2.05, 4.69) is 10.4 Å². The van der Waals surface area contributed by atoms with Crippen LogP contribution in [0, 0.1) is 5.82 Å². The molecule has 2 aromatic rings. The molecule has 5 nitrogen and oxygen atoms in total. The third-order valence-electron chi connectivity index (χ3n) is 2.74. The molecule has 1 amide bonds. The topological polar surface area (TPSA) is 72.9 Å². The Bertz CT molecular complexity index is 594. The summed E-state index contributed by atoms with van der Waals surface area (Å²) < 4.78 is 15.3. The molecule has 1 aromatic carbocycles. The summed E-state index contributed by atoms with van der Waals surface area (Å²) in [7, 11) is 1.52. The first-order chi connectivity index (χ1) is 9.15. The van der Waals surface area contributed by atoms with Crippen LogP contribution < -0.4 is 11.1 Å². The zero-order valence-corrected chi connectivity index (χ0v) is 10.6. The Morgan fingerprint density at radius 1 is 1.47 bits per heavy atom. The molecule has 2 rings (SSSR count). The smallest absolute Gasteiger partial charge is 0.271 e. The molecule has 0 radical (unpaired) electrons. The van der Waals surface area contributed by atoms with Crippen LogP contribution in [0.2, 0.25) is 0 Å². The van der Waals surface area contributed by atoms with Crippen LogP contribution in [-0.2, 0) is 6.42 Å². The van der Waals surface area contributed by atoms with Gasteiger partial charge in [0, 0.05) is 13.2 Å². The normalized spacial score (nSPS) is 10.5. The highest BCUT2D eigenvalue weighted by atomic mass is 19.1. The van der Waals surface area contributed by atoms with Crippen LogP contribution in [0.15, 0.2) is 30.5 Å². The van der Waals surface area contributed by atoms with Gasteiger partial charge in [-0.15, -0.1) is 0 Å². The Morgan fingerprint density at radius 2 is 2.26 bits per heavy atom. The average molecular weight is 262 g/mol. The van der Waals surface area contributed by atoms with Crippen molar-refractivity contribution in [2.75, 3.05) is 13.6 Å². The van der Waals surface area contributed by atoms with Crippen molar-refractivity contribution < 1.29 is 9.18 Å². The molecule has 19 heavy (non-hydrogen) atoms. The van der Waals surface area contributed by atoms with Gasteiger partial charge in [-0.05, 0) is 36.7 Å². The molecule has 0 aliphatic heterocycles. The van der Waals surface area contributed by atoms with Crippen LogP contribution in [0.25, 0.3) is 5.69 Å². The molecule has 0 fully saturated rings. The summed E-state index contributed by atoms with van der Waals surface area (Å²) in [6.45, 7) is 0.474. The first kappa shape index (κ1) is 13.2. The van der Waals surface area contributed by atoms with Crippen molar-refractivity contribution in [1.29, 1.82) is 0 Å². The molecule has 0 bridgehead atoms. The number of aromatic nitrogens is 2. The number of carbonyl (C=O) groups excluding carboxylic acids is 1. The van der Waals surface area contributed by atoms with Crippen LogP contribution in [0.1, 0.15) is 16.1 Å². The minimum Gasteiger partial charge on any atom is -0.354 e. The number of rotatable bonds is 4. The molecule has 100 valence electrons. The molecular formula is C13H15FN4O. The number of carbonyl (C=O) groups is 1. The summed E-state index contributed by atoms with van der Waals surface area (Å²) in [5.74, 6) is -0.698. The van der Waals surface area contributed by atoms with Gasteiger partial charge in [0.05, 0.1) is 0 Å². The predicted molar refractivity (Wildman–Crippen MR) is 69.7 cm³/mol. The molecule has 0 unspecified atom stereocenters. The van der Waals surface area contributed by atoms with E-state index in [0.29, 0.717) is 18.7 Å². The molecule has 0 atom stereocenters. The molecule has 0 aliphatic carbocycles. The summed E-state index contributed by atoms with van der Waals surface area (Å²) in [4.78, 5) is 11.4. The number of hydrogen-bond acceptors (Lipinski definition) is 3. The molecular weight excluding hydrogens is 247 g/mol. The number of hydrogen-bond donors (Lipinski definition) is 2. The number of nitrogens with zero attached hydrogens (tertiary/aromatic N) is 2. The van der Waals surface area contributed by atoms with Crippen LogP contribution in [0.4, 0.5) is 4.39 Å². The monoisotopic (exact) mass is 262 g/mol. The summed E-state index contributed by atoms with van der Waals surface area (Å²) in [6.07, 6.45) is 2.17. The zero-order chi connectivity index (χ0) is 13.8. The average Bonchev–Trinajstić information content (AvgIpc) is 2.88. The quantitative estimate of drug-likeness (QED) is 0.858. The largest absolute Gasteiger partial charge is 0.354 e. The summed E-state index contributed by atoms with van der Waals surface area (Å²) in [6, 6.07) is 6.39. The summed E-state index contributed by atoms with van der Waals surface area (Å²) in [5, 5.41) is 6.49. The SMILES string of the molecule is CNC(=O)c1ccn(-c2ccc(CCN)cc2F)n1. The first-order valence-corrected chi connectivity index (χ1v) is 5.92. The molecule has 1 heterocycles. The van der Waals surface area contributed by atoms with Gasteiger partial charge in [-0.2, -0.15) is 5.10 Å². The fourth-order valence-electron chi connectivity index (χ4n) is 1.77. The van der Waals surface area contributed by atoms with Gasteiger partial charge in [0.15, 0.2) is 5.69 Å². The van der Waals surface area contributed by atoms with E-state index in [4.69, 9.17) is 5.73 Å². The van der Waals surface area contributed by atoms with Crippen LogP contribution >= 0.6 is 0 Å². The number of nitrogens with one attached hydrogen (secondary N) is 1. The van der Waals surface area contributed by atoms with E-state index in [9.17, 15) is 9.18 Å². The highest BCUT2D eigenvalue weighted by Crippen LogP contribution is 2.15. The van der Waals surface area contributed by atoms with Crippen molar-refractivity contribution in [1.82, 2.24) is 15.1 Å². The van der Waals surface area contributed by atoms with Crippen molar-refractivity contribution in [2.45, 2.75) is 6.42 Å². The molecule has 3 N–H and O–H groups in total. The molecule has 1 aromatic heterocycles. The van der Waals surface area contributed by atoms with Crippen molar-refractivity contribution >= 4 is 5.91 Å². The fourth-order valence-corrected chi connectivity index (χ4v) is 1.77. The van der Waals surface area contributed by atoms with Gasteiger partial charge < -0.3 is 11.1 Å². The Kier molecular flexibility index (Phi) is 3.91. The molecule has 0 saturated carbocycles. The van der Waals surface area contributed by atoms with E-state index in [1.54, 1.807) is 18.3 Å². The lowest BCUT2D eigenvalue weighted by Gasteiger charge is -2.05. The minimum absolute atomic E-state index is 0.243. The van der Waals surface area contributed by atoms with Crippen LogP contribution in [-0.4, -0.2) is 29.3 Å². The zero-order valence-electron chi connectivity index (χ0n) is 10.6. The standard InChI is InChI=1S/C13H15FN4O/c1-16-13(19)11-5-7-18(17-11)12-3-2-9(4-6-15)8-10(12)14/h2-3,5,7-8H,4,6,15H2,1H3,(H,16,19). The maximum absolute atomic E-state index is 13.9. The third-order valence-corrected chi connectivity index (χ3v) is 2.74. The van der Waals surface area contributed by atoms with Gasteiger partial charge in [0.25, 0.3) is 5.91 Å². The van der Waals surface area contributed by atoms with Gasteiger partial charge in [-0.1, -0.05) is 6.07 Å². The van der Waals surface area contributed by atoms with Crippen molar-refractivity contribution in [2.24, 2.45) is 5.73 Å². The molecule has 0 spiro atoms. The predicted octanol–water partition coefficient (Wildman–Crippen LogP) is 0.872. The molecule has 0 aliphatic rings. The van der Waals surface area contributed by atoms with Gasteiger partial charge in [-0.3, -0.25) is 4.79 Å². The number of halogens is 1. The van der Waals surface area contributed by atoms with Gasteiger partial charge in [-0.25, -0.2) is 9.07 Å². The van der Waals surface area contributed by atoms with E-state index in [0.717, 1.165) is 5.56 Å². The second-order valence-corrected chi connectivity index (χ2v) is 4.05.